The highest BCUT2D eigenvalue weighted by molar-refractivity contribution is 9.10. The number of piperidine rings is 1. The third-order valence-corrected chi connectivity index (χ3v) is 4.76. The first-order valence-electron chi connectivity index (χ1n) is 6.11. The highest BCUT2D eigenvalue weighted by Crippen LogP contribution is 2.39. The SMILES string of the molecule is CC1(C)CNCCC1(O)Cc1ccccc1Br. The molecule has 1 aromatic carbocycles. The lowest BCUT2D eigenvalue weighted by atomic mass is 9.68. The Morgan fingerprint density at radius 1 is 1.35 bits per heavy atom. The molecule has 0 saturated carbocycles. The maximum absolute atomic E-state index is 10.9. The normalized spacial score (nSPS) is 28.0. The average molecular weight is 298 g/mol. The third-order valence-electron chi connectivity index (χ3n) is 3.98. The lowest BCUT2D eigenvalue weighted by molar-refractivity contribution is -0.0870. The van der Waals surface area contributed by atoms with E-state index in [1.807, 2.05) is 18.2 Å². The fourth-order valence-electron chi connectivity index (χ4n) is 2.48. The first kappa shape index (κ1) is 13.1. The van der Waals surface area contributed by atoms with Crippen molar-refractivity contribution in [1.29, 1.82) is 0 Å². The predicted molar refractivity (Wildman–Crippen MR) is 74.1 cm³/mol. The first-order chi connectivity index (χ1) is 7.95. The highest BCUT2D eigenvalue weighted by Gasteiger charge is 2.45. The van der Waals surface area contributed by atoms with Crippen molar-refractivity contribution >= 4 is 15.9 Å². The summed E-state index contributed by atoms with van der Waals surface area (Å²) in [4.78, 5) is 0. The molecule has 1 aliphatic rings. The van der Waals surface area contributed by atoms with Gasteiger partial charge in [-0.2, -0.15) is 0 Å². The summed E-state index contributed by atoms with van der Waals surface area (Å²) in [7, 11) is 0. The van der Waals surface area contributed by atoms with E-state index in [1.165, 1.54) is 5.56 Å². The zero-order valence-corrected chi connectivity index (χ0v) is 12.0. The van der Waals surface area contributed by atoms with Crippen LogP contribution >= 0.6 is 15.9 Å². The van der Waals surface area contributed by atoms with E-state index in [0.29, 0.717) is 6.42 Å². The molecule has 0 radical (unpaired) electrons. The van der Waals surface area contributed by atoms with Gasteiger partial charge in [-0.1, -0.05) is 48.0 Å². The van der Waals surface area contributed by atoms with E-state index in [4.69, 9.17) is 0 Å². The topological polar surface area (TPSA) is 32.3 Å². The highest BCUT2D eigenvalue weighted by atomic mass is 79.9. The van der Waals surface area contributed by atoms with Gasteiger partial charge in [0.05, 0.1) is 5.60 Å². The Bertz CT molecular complexity index is 405. The molecule has 2 nitrogen and oxygen atoms in total. The third kappa shape index (κ3) is 2.56. The van der Waals surface area contributed by atoms with E-state index in [0.717, 1.165) is 24.0 Å². The average Bonchev–Trinajstić information content (AvgIpc) is 2.26. The lowest BCUT2D eigenvalue weighted by Gasteiger charge is -2.47. The van der Waals surface area contributed by atoms with Gasteiger partial charge in [0.15, 0.2) is 0 Å². The quantitative estimate of drug-likeness (QED) is 0.880. The Hall–Kier alpha value is -0.380. The number of halogens is 1. The molecule has 2 rings (SSSR count). The fourth-order valence-corrected chi connectivity index (χ4v) is 2.91. The van der Waals surface area contributed by atoms with Gasteiger partial charge in [-0.3, -0.25) is 0 Å². The van der Waals surface area contributed by atoms with Crippen LogP contribution in [0.1, 0.15) is 25.8 Å². The summed E-state index contributed by atoms with van der Waals surface area (Å²) < 4.78 is 1.09. The summed E-state index contributed by atoms with van der Waals surface area (Å²) in [5, 5.41) is 14.3. The molecule has 2 N–H and O–H groups in total. The van der Waals surface area contributed by atoms with Crippen molar-refractivity contribution in [2.24, 2.45) is 5.41 Å². The van der Waals surface area contributed by atoms with Gasteiger partial charge >= 0.3 is 0 Å². The molecule has 0 aromatic heterocycles. The van der Waals surface area contributed by atoms with Gasteiger partial charge in [-0.15, -0.1) is 0 Å². The zero-order chi connectivity index (χ0) is 12.5. The van der Waals surface area contributed by atoms with E-state index in [1.54, 1.807) is 0 Å². The summed E-state index contributed by atoms with van der Waals surface area (Å²) in [6, 6.07) is 8.15. The molecule has 1 atom stereocenters. The van der Waals surface area contributed by atoms with Crippen molar-refractivity contribution in [3.05, 3.63) is 34.3 Å². The summed E-state index contributed by atoms with van der Waals surface area (Å²) in [5.41, 5.74) is 0.466. The Morgan fingerprint density at radius 3 is 2.71 bits per heavy atom. The van der Waals surface area contributed by atoms with Crippen LogP contribution in [0.25, 0.3) is 0 Å². The maximum atomic E-state index is 10.9. The minimum atomic E-state index is -0.623. The molecule has 1 aromatic rings. The Morgan fingerprint density at radius 2 is 2.06 bits per heavy atom. The van der Waals surface area contributed by atoms with Gasteiger partial charge in [0.25, 0.3) is 0 Å². The molecule has 1 fully saturated rings. The molecular formula is C14H20BrNO. The molecule has 17 heavy (non-hydrogen) atoms. The minimum Gasteiger partial charge on any atom is -0.389 e. The number of hydrogen-bond donors (Lipinski definition) is 2. The molecule has 1 aliphatic heterocycles. The van der Waals surface area contributed by atoms with Gasteiger partial charge in [-0.05, 0) is 24.6 Å². The summed E-state index contributed by atoms with van der Waals surface area (Å²) in [6.45, 7) is 6.03. The molecule has 1 saturated heterocycles. The summed E-state index contributed by atoms with van der Waals surface area (Å²) in [6.07, 6.45) is 1.52. The lowest BCUT2D eigenvalue weighted by Crippen LogP contribution is -2.57. The number of benzene rings is 1. The van der Waals surface area contributed by atoms with Crippen LogP contribution in [0.15, 0.2) is 28.7 Å². The molecule has 3 heteroatoms. The monoisotopic (exact) mass is 297 g/mol. The van der Waals surface area contributed by atoms with Crippen LogP contribution in [-0.2, 0) is 6.42 Å². The van der Waals surface area contributed by atoms with Crippen LogP contribution < -0.4 is 5.32 Å². The Balaban J connectivity index is 2.24. The first-order valence-corrected chi connectivity index (χ1v) is 6.90. The predicted octanol–water partition coefficient (Wildman–Crippen LogP) is 2.74. The molecule has 94 valence electrons. The summed E-state index contributed by atoms with van der Waals surface area (Å²) >= 11 is 3.56. The van der Waals surface area contributed by atoms with Gasteiger partial charge in [-0.25, -0.2) is 0 Å². The van der Waals surface area contributed by atoms with Crippen molar-refractivity contribution in [1.82, 2.24) is 5.32 Å². The van der Waals surface area contributed by atoms with Crippen LogP contribution in [0.2, 0.25) is 0 Å². The molecule has 1 heterocycles. The standard InChI is InChI=1S/C14H20BrNO/c1-13(2)10-16-8-7-14(13,17)9-11-5-3-4-6-12(11)15/h3-6,16-17H,7-10H2,1-2H3. The van der Waals surface area contributed by atoms with E-state index >= 15 is 0 Å². The van der Waals surface area contributed by atoms with Crippen molar-refractivity contribution in [2.45, 2.75) is 32.3 Å². The molecule has 0 bridgehead atoms. The van der Waals surface area contributed by atoms with Gasteiger partial charge in [0, 0.05) is 22.9 Å². The van der Waals surface area contributed by atoms with Crippen molar-refractivity contribution < 1.29 is 5.11 Å². The van der Waals surface area contributed by atoms with E-state index in [-0.39, 0.29) is 5.41 Å². The van der Waals surface area contributed by atoms with Gasteiger partial charge in [0.1, 0.15) is 0 Å². The second-order valence-electron chi connectivity index (χ2n) is 5.61. The van der Waals surface area contributed by atoms with Crippen molar-refractivity contribution in [2.75, 3.05) is 13.1 Å². The Labute approximate surface area is 112 Å². The second kappa shape index (κ2) is 4.71. The molecule has 0 aliphatic carbocycles. The molecular weight excluding hydrogens is 278 g/mol. The van der Waals surface area contributed by atoms with Gasteiger partial charge in [0.2, 0.25) is 0 Å². The van der Waals surface area contributed by atoms with Crippen molar-refractivity contribution in [3.63, 3.8) is 0 Å². The Kier molecular flexibility index (Phi) is 3.62. The minimum absolute atomic E-state index is 0.0967. The van der Waals surface area contributed by atoms with E-state index in [9.17, 15) is 5.11 Å². The molecule has 0 amide bonds. The number of hydrogen-bond acceptors (Lipinski definition) is 2. The number of rotatable bonds is 2. The maximum Gasteiger partial charge on any atom is 0.0763 e. The fraction of sp³-hybridized carbons (Fsp3) is 0.571. The largest absolute Gasteiger partial charge is 0.389 e. The van der Waals surface area contributed by atoms with E-state index in [2.05, 4.69) is 41.2 Å². The molecule has 0 spiro atoms. The van der Waals surface area contributed by atoms with E-state index < -0.39 is 5.60 Å². The summed E-state index contributed by atoms with van der Waals surface area (Å²) in [5.74, 6) is 0. The van der Waals surface area contributed by atoms with Crippen LogP contribution in [0, 0.1) is 5.41 Å². The van der Waals surface area contributed by atoms with Crippen LogP contribution in [-0.4, -0.2) is 23.8 Å². The van der Waals surface area contributed by atoms with Crippen LogP contribution in [0.5, 0.6) is 0 Å². The zero-order valence-electron chi connectivity index (χ0n) is 10.5. The molecule has 1 unspecified atom stereocenters. The van der Waals surface area contributed by atoms with Gasteiger partial charge < -0.3 is 10.4 Å². The second-order valence-corrected chi connectivity index (χ2v) is 6.46. The number of aliphatic hydroxyl groups is 1. The van der Waals surface area contributed by atoms with Crippen LogP contribution in [0.4, 0.5) is 0 Å². The number of nitrogens with one attached hydrogen (secondary N) is 1. The van der Waals surface area contributed by atoms with Crippen molar-refractivity contribution in [3.8, 4) is 0 Å². The smallest absolute Gasteiger partial charge is 0.0763 e. The van der Waals surface area contributed by atoms with Crippen LogP contribution in [0.3, 0.4) is 0 Å².